The third kappa shape index (κ3) is 11.3. The highest BCUT2D eigenvalue weighted by Crippen LogP contribution is 2.16. The summed E-state index contributed by atoms with van der Waals surface area (Å²) in [4.78, 5) is 10.6. The van der Waals surface area contributed by atoms with E-state index >= 15 is 0 Å². The van der Waals surface area contributed by atoms with Crippen LogP contribution in [0.1, 0.15) is 59.8 Å². The van der Waals surface area contributed by atoms with Crippen LogP contribution in [0.2, 0.25) is 0 Å². The van der Waals surface area contributed by atoms with Gasteiger partial charge in [-0.05, 0) is 37.7 Å². The molecule has 0 heterocycles. The van der Waals surface area contributed by atoms with E-state index in [-0.39, 0.29) is 5.78 Å². The second kappa shape index (κ2) is 8.70. The van der Waals surface area contributed by atoms with Crippen molar-refractivity contribution in [1.82, 2.24) is 0 Å². The van der Waals surface area contributed by atoms with Crippen molar-refractivity contribution >= 4 is 5.78 Å². The van der Waals surface area contributed by atoms with Crippen molar-refractivity contribution in [1.29, 1.82) is 0 Å². The fraction of sp³-hybridized carbons (Fsp3) is 0.786. The Morgan fingerprint density at radius 2 is 1.80 bits per heavy atom. The van der Waals surface area contributed by atoms with Crippen molar-refractivity contribution in [3.8, 4) is 0 Å². The molecule has 0 radical (unpaired) electrons. The predicted molar refractivity (Wildman–Crippen MR) is 66.9 cm³/mol. The maximum atomic E-state index is 10.6. The van der Waals surface area contributed by atoms with Gasteiger partial charge >= 0.3 is 0 Å². The zero-order valence-electron chi connectivity index (χ0n) is 10.8. The average molecular weight is 210 g/mol. The molecule has 0 aliphatic carbocycles. The molecule has 0 aliphatic rings. The molecule has 0 N–H and O–H groups in total. The first-order chi connectivity index (χ1) is 7.02. The number of hydrogen-bond acceptors (Lipinski definition) is 1. The van der Waals surface area contributed by atoms with Gasteiger partial charge in [0.1, 0.15) is 0 Å². The van der Waals surface area contributed by atoms with Gasteiger partial charge in [-0.1, -0.05) is 46.1 Å². The predicted octanol–water partition coefficient (Wildman–Crippen LogP) is 4.37. The molecule has 1 heteroatoms. The van der Waals surface area contributed by atoms with Gasteiger partial charge in [-0.15, -0.1) is 0 Å². The summed E-state index contributed by atoms with van der Waals surface area (Å²) >= 11 is 0. The topological polar surface area (TPSA) is 17.1 Å². The Bertz CT molecular complexity index is 192. The zero-order chi connectivity index (χ0) is 11.7. The Balaban J connectivity index is 3.41. The minimum atomic E-state index is 0.155. The molecule has 0 saturated heterocycles. The van der Waals surface area contributed by atoms with E-state index in [9.17, 15) is 4.79 Å². The van der Waals surface area contributed by atoms with Gasteiger partial charge in [0, 0.05) is 0 Å². The maximum absolute atomic E-state index is 10.6. The lowest BCUT2D eigenvalue weighted by Crippen LogP contribution is -1.96. The molecule has 0 aromatic heterocycles. The summed E-state index contributed by atoms with van der Waals surface area (Å²) in [5.41, 5.74) is 0. The second-order valence-electron chi connectivity index (χ2n) is 5.02. The molecule has 0 saturated carbocycles. The van der Waals surface area contributed by atoms with Gasteiger partial charge in [-0.3, -0.25) is 4.79 Å². The summed E-state index contributed by atoms with van der Waals surface area (Å²) in [6, 6.07) is 0. The number of hydrogen-bond donors (Lipinski definition) is 0. The van der Waals surface area contributed by atoms with Crippen LogP contribution in [0, 0.1) is 11.8 Å². The molecule has 0 aliphatic heterocycles. The van der Waals surface area contributed by atoms with E-state index in [2.05, 4.69) is 20.8 Å². The van der Waals surface area contributed by atoms with Crippen molar-refractivity contribution in [2.75, 3.05) is 0 Å². The zero-order valence-corrected chi connectivity index (χ0v) is 10.8. The summed E-state index contributed by atoms with van der Waals surface area (Å²) in [7, 11) is 0. The van der Waals surface area contributed by atoms with Crippen molar-refractivity contribution in [3.05, 3.63) is 12.2 Å². The van der Waals surface area contributed by atoms with Crippen molar-refractivity contribution in [2.24, 2.45) is 11.8 Å². The molecule has 0 fully saturated rings. The van der Waals surface area contributed by atoms with Crippen LogP contribution in [0.25, 0.3) is 0 Å². The average Bonchev–Trinajstić information content (AvgIpc) is 2.11. The summed E-state index contributed by atoms with van der Waals surface area (Å²) in [6.07, 6.45) is 9.95. The third-order valence-corrected chi connectivity index (χ3v) is 2.66. The van der Waals surface area contributed by atoms with Gasteiger partial charge in [0.05, 0.1) is 0 Å². The van der Waals surface area contributed by atoms with Gasteiger partial charge in [-0.25, -0.2) is 0 Å². The normalized spacial score (nSPS) is 13.7. The minimum absolute atomic E-state index is 0.155. The standard InChI is InChI=1S/C14H26O/c1-12(2)8-7-10-13(3)9-5-6-11-14(4)15/h6,11-13H,5,7-10H2,1-4H3/b11-6+. The number of ketones is 1. The smallest absolute Gasteiger partial charge is 0.152 e. The first-order valence-electron chi connectivity index (χ1n) is 6.19. The highest BCUT2D eigenvalue weighted by atomic mass is 16.1. The fourth-order valence-corrected chi connectivity index (χ4v) is 1.65. The first-order valence-corrected chi connectivity index (χ1v) is 6.19. The highest BCUT2D eigenvalue weighted by Gasteiger charge is 2.01. The summed E-state index contributed by atoms with van der Waals surface area (Å²) in [5.74, 6) is 1.78. The van der Waals surface area contributed by atoms with Crippen LogP contribution in [0.5, 0.6) is 0 Å². The van der Waals surface area contributed by atoms with E-state index in [0.717, 1.165) is 18.3 Å². The number of carbonyl (C=O) groups excluding carboxylic acids is 1. The molecule has 1 unspecified atom stereocenters. The molecule has 0 rings (SSSR count). The molecular formula is C14H26O. The van der Waals surface area contributed by atoms with Gasteiger partial charge in [0.25, 0.3) is 0 Å². The van der Waals surface area contributed by atoms with E-state index < -0.39 is 0 Å². The van der Waals surface area contributed by atoms with Crippen molar-refractivity contribution in [3.63, 3.8) is 0 Å². The van der Waals surface area contributed by atoms with Crippen LogP contribution >= 0.6 is 0 Å². The number of rotatable bonds is 8. The van der Waals surface area contributed by atoms with Crippen LogP contribution in [0.4, 0.5) is 0 Å². The Morgan fingerprint density at radius 3 is 2.33 bits per heavy atom. The van der Waals surface area contributed by atoms with Crippen LogP contribution in [0.3, 0.4) is 0 Å². The molecule has 0 aromatic rings. The Labute approximate surface area is 95.0 Å². The fourth-order valence-electron chi connectivity index (χ4n) is 1.65. The molecule has 88 valence electrons. The van der Waals surface area contributed by atoms with Crippen LogP contribution in [-0.2, 0) is 4.79 Å². The second-order valence-corrected chi connectivity index (χ2v) is 5.02. The van der Waals surface area contributed by atoms with E-state index in [1.54, 1.807) is 13.0 Å². The molecular weight excluding hydrogens is 184 g/mol. The van der Waals surface area contributed by atoms with Crippen molar-refractivity contribution in [2.45, 2.75) is 59.8 Å². The third-order valence-electron chi connectivity index (χ3n) is 2.66. The first kappa shape index (κ1) is 14.4. The van der Waals surface area contributed by atoms with Crippen LogP contribution in [0.15, 0.2) is 12.2 Å². The van der Waals surface area contributed by atoms with E-state index in [1.165, 1.54) is 25.7 Å². The minimum Gasteiger partial charge on any atom is -0.295 e. The quantitative estimate of drug-likeness (QED) is 0.543. The largest absolute Gasteiger partial charge is 0.295 e. The molecule has 0 spiro atoms. The van der Waals surface area contributed by atoms with E-state index in [0.29, 0.717) is 0 Å². The number of carbonyl (C=O) groups is 1. The Kier molecular flexibility index (Phi) is 8.35. The molecule has 0 aromatic carbocycles. The Hall–Kier alpha value is -0.590. The summed E-state index contributed by atoms with van der Waals surface area (Å²) in [6.45, 7) is 8.46. The van der Waals surface area contributed by atoms with Gasteiger partial charge < -0.3 is 0 Å². The molecule has 0 amide bonds. The van der Waals surface area contributed by atoms with Gasteiger partial charge in [0.2, 0.25) is 0 Å². The van der Waals surface area contributed by atoms with Crippen LogP contribution in [-0.4, -0.2) is 5.78 Å². The maximum Gasteiger partial charge on any atom is 0.152 e. The van der Waals surface area contributed by atoms with Crippen molar-refractivity contribution < 1.29 is 4.79 Å². The summed E-state index contributed by atoms with van der Waals surface area (Å²) < 4.78 is 0. The lowest BCUT2D eigenvalue weighted by atomic mass is 9.96. The lowest BCUT2D eigenvalue weighted by Gasteiger charge is -2.10. The molecule has 0 bridgehead atoms. The Morgan fingerprint density at radius 1 is 1.13 bits per heavy atom. The van der Waals surface area contributed by atoms with E-state index in [1.807, 2.05) is 6.08 Å². The molecule has 15 heavy (non-hydrogen) atoms. The SMILES string of the molecule is CC(=O)/C=C/CCC(C)CCCC(C)C. The van der Waals surface area contributed by atoms with Gasteiger partial charge in [0.15, 0.2) is 5.78 Å². The molecule has 1 atom stereocenters. The van der Waals surface area contributed by atoms with Crippen LogP contribution < -0.4 is 0 Å². The summed E-state index contributed by atoms with van der Waals surface area (Å²) in [5, 5.41) is 0. The monoisotopic (exact) mass is 210 g/mol. The van der Waals surface area contributed by atoms with E-state index in [4.69, 9.17) is 0 Å². The molecule has 1 nitrogen and oxygen atoms in total. The van der Waals surface area contributed by atoms with Gasteiger partial charge in [-0.2, -0.15) is 0 Å². The lowest BCUT2D eigenvalue weighted by molar-refractivity contribution is -0.112. The number of allylic oxidation sites excluding steroid dienone is 2. The highest BCUT2D eigenvalue weighted by molar-refractivity contribution is 5.87.